The molecule has 0 bridgehead atoms. The molecule has 2 aromatic carbocycles. The molecule has 30 heavy (non-hydrogen) atoms. The van der Waals surface area contributed by atoms with E-state index in [1.165, 1.54) is 43.5 Å². The number of aromatic nitrogens is 2. The normalized spacial score (nSPS) is 13.7. The number of nitrogens with one attached hydrogen (secondary N) is 2. The number of rotatable bonds is 5. The summed E-state index contributed by atoms with van der Waals surface area (Å²) >= 11 is 0. The predicted octanol–water partition coefficient (Wildman–Crippen LogP) is 4.91. The van der Waals surface area contributed by atoms with Crippen molar-refractivity contribution in [3.63, 3.8) is 0 Å². The van der Waals surface area contributed by atoms with E-state index in [2.05, 4.69) is 25.5 Å². The molecule has 0 unspecified atom stereocenters. The van der Waals surface area contributed by atoms with E-state index in [1.807, 2.05) is 37.3 Å². The largest absolute Gasteiger partial charge is 0.341 e. The van der Waals surface area contributed by atoms with Gasteiger partial charge in [-0.3, -0.25) is 4.79 Å². The number of amides is 1. The second-order valence-corrected chi connectivity index (χ2v) is 7.41. The molecular weight excluding hydrogens is 381 g/mol. The Bertz CT molecular complexity index is 1010. The third kappa shape index (κ3) is 4.92. The van der Waals surface area contributed by atoms with Crippen LogP contribution in [0.1, 0.15) is 35.3 Å². The van der Waals surface area contributed by atoms with Crippen LogP contribution >= 0.6 is 0 Å². The molecule has 154 valence electrons. The van der Waals surface area contributed by atoms with Crippen LogP contribution in [-0.2, 0) is 0 Å². The smallest absolute Gasteiger partial charge is 0.255 e. The maximum atomic E-state index is 13.0. The lowest BCUT2D eigenvalue weighted by molar-refractivity contribution is 0.102. The number of halogens is 1. The summed E-state index contributed by atoms with van der Waals surface area (Å²) in [5.41, 5.74) is 2.83. The minimum atomic E-state index is -0.370. The Morgan fingerprint density at radius 3 is 2.30 bits per heavy atom. The van der Waals surface area contributed by atoms with Crippen molar-refractivity contribution in [2.24, 2.45) is 0 Å². The molecule has 1 saturated heterocycles. The summed E-state index contributed by atoms with van der Waals surface area (Å²) in [5.74, 6) is 0.852. The van der Waals surface area contributed by atoms with Gasteiger partial charge in [-0.15, -0.1) is 0 Å². The van der Waals surface area contributed by atoms with Gasteiger partial charge in [-0.1, -0.05) is 0 Å². The minimum Gasteiger partial charge on any atom is -0.341 e. The summed E-state index contributed by atoms with van der Waals surface area (Å²) < 4.78 is 13.0. The first-order valence-corrected chi connectivity index (χ1v) is 10.1. The number of nitrogens with zero attached hydrogens (tertiary/aromatic N) is 3. The lowest BCUT2D eigenvalue weighted by Crippen LogP contribution is -2.31. The van der Waals surface area contributed by atoms with Gasteiger partial charge in [-0.2, -0.15) is 4.98 Å². The van der Waals surface area contributed by atoms with Gasteiger partial charge in [0.15, 0.2) is 0 Å². The maximum Gasteiger partial charge on any atom is 0.255 e. The number of aryl methyl sites for hydroxylation is 1. The summed E-state index contributed by atoms with van der Waals surface area (Å²) in [4.78, 5) is 23.7. The number of carbonyl (C=O) groups excluding carboxylic acids is 1. The van der Waals surface area contributed by atoms with Crippen molar-refractivity contribution in [3.05, 3.63) is 71.7 Å². The van der Waals surface area contributed by atoms with E-state index in [1.54, 1.807) is 0 Å². The van der Waals surface area contributed by atoms with Crippen LogP contribution in [0, 0.1) is 12.7 Å². The summed E-state index contributed by atoms with van der Waals surface area (Å²) in [7, 11) is 0. The van der Waals surface area contributed by atoms with Crippen LogP contribution < -0.4 is 15.5 Å². The monoisotopic (exact) mass is 405 g/mol. The predicted molar refractivity (Wildman–Crippen MR) is 117 cm³/mol. The topological polar surface area (TPSA) is 70.2 Å². The fourth-order valence-corrected chi connectivity index (χ4v) is 3.44. The molecule has 4 rings (SSSR count). The van der Waals surface area contributed by atoms with E-state index in [9.17, 15) is 9.18 Å². The summed E-state index contributed by atoms with van der Waals surface area (Å²) in [6.45, 7) is 3.95. The number of benzene rings is 2. The quantitative estimate of drug-likeness (QED) is 0.631. The average molecular weight is 405 g/mol. The molecule has 2 N–H and O–H groups in total. The summed E-state index contributed by atoms with van der Waals surface area (Å²) in [5, 5.41) is 6.12. The van der Waals surface area contributed by atoms with Gasteiger partial charge >= 0.3 is 0 Å². The highest BCUT2D eigenvalue weighted by atomic mass is 19.1. The number of hydrogen-bond acceptors (Lipinski definition) is 5. The zero-order valence-corrected chi connectivity index (χ0v) is 16.9. The van der Waals surface area contributed by atoms with E-state index in [4.69, 9.17) is 0 Å². The first-order chi connectivity index (χ1) is 14.6. The van der Waals surface area contributed by atoms with E-state index in [0.717, 1.165) is 36.2 Å². The van der Waals surface area contributed by atoms with Crippen LogP contribution in [0.25, 0.3) is 0 Å². The van der Waals surface area contributed by atoms with Gasteiger partial charge in [0, 0.05) is 41.8 Å². The lowest BCUT2D eigenvalue weighted by Gasteiger charge is -2.27. The molecule has 1 aliphatic heterocycles. The Labute approximate surface area is 175 Å². The third-order valence-corrected chi connectivity index (χ3v) is 5.00. The van der Waals surface area contributed by atoms with Crippen LogP contribution in [0.4, 0.5) is 27.5 Å². The van der Waals surface area contributed by atoms with Gasteiger partial charge in [-0.25, -0.2) is 9.37 Å². The van der Waals surface area contributed by atoms with Crippen molar-refractivity contribution in [1.82, 2.24) is 9.97 Å². The molecule has 0 radical (unpaired) electrons. The second-order valence-electron chi connectivity index (χ2n) is 7.41. The van der Waals surface area contributed by atoms with E-state index in [-0.39, 0.29) is 11.7 Å². The van der Waals surface area contributed by atoms with Gasteiger partial charge in [0.2, 0.25) is 5.95 Å². The standard InChI is InChI=1S/C23H24FN5O/c1-16-15-21(28-23(25-16)29-13-3-2-4-14-29)26-19-9-11-20(12-10-19)27-22(30)17-5-7-18(24)8-6-17/h5-12,15H,2-4,13-14H2,1H3,(H,27,30)(H,25,26,28). The van der Waals surface area contributed by atoms with Gasteiger partial charge in [0.25, 0.3) is 5.91 Å². The number of hydrogen-bond donors (Lipinski definition) is 2. The molecule has 1 amide bonds. The molecule has 1 aliphatic rings. The molecule has 7 heteroatoms. The van der Waals surface area contributed by atoms with Gasteiger partial charge in [-0.05, 0) is 74.7 Å². The van der Waals surface area contributed by atoms with Crippen LogP contribution in [0.3, 0.4) is 0 Å². The van der Waals surface area contributed by atoms with E-state index >= 15 is 0 Å². The molecule has 0 saturated carbocycles. The Morgan fingerprint density at radius 1 is 0.933 bits per heavy atom. The maximum absolute atomic E-state index is 13.0. The average Bonchev–Trinajstić information content (AvgIpc) is 2.76. The number of anilines is 4. The van der Waals surface area contributed by atoms with Crippen molar-refractivity contribution >= 4 is 29.0 Å². The molecule has 1 aromatic heterocycles. The highest BCUT2D eigenvalue weighted by molar-refractivity contribution is 6.04. The van der Waals surface area contributed by atoms with Crippen LogP contribution in [0.15, 0.2) is 54.6 Å². The Balaban J connectivity index is 1.42. The molecule has 0 atom stereocenters. The highest BCUT2D eigenvalue weighted by Crippen LogP contribution is 2.22. The fraction of sp³-hybridized carbons (Fsp3) is 0.261. The van der Waals surface area contributed by atoms with Gasteiger partial charge in [0.05, 0.1) is 0 Å². The van der Waals surface area contributed by atoms with Crippen molar-refractivity contribution in [1.29, 1.82) is 0 Å². The molecule has 0 aliphatic carbocycles. The zero-order valence-electron chi connectivity index (χ0n) is 16.9. The Kier molecular flexibility index (Phi) is 5.88. The van der Waals surface area contributed by atoms with Gasteiger partial charge < -0.3 is 15.5 Å². The molecule has 0 spiro atoms. The van der Waals surface area contributed by atoms with E-state index < -0.39 is 0 Å². The lowest BCUT2D eigenvalue weighted by atomic mass is 10.1. The number of piperidine rings is 1. The fourth-order valence-electron chi connectivity index (χ4n) is 3.44. The number of carbonyl (C=O) groups is 1. The Morgan fingerprint density at radius 2 is 1.60 bits per heavy atom. The second kappa shape index (κ2) is 8.90. The molecular formula is C23H24FN5O. The molecule has 6 nitrogen and oxygen atoms in total. The first-order valence-electron chi connectivity index (χ1n) is 10.1. The first kappa shape index (κ1) is 19.8. The van der Waals surface area contributed by atoms with Crippen LogP contribution in [0.5, 0.6) is 0 Å². The minimum absolute atomic E-state index is 0.284. The Hall–Kier alpha value is -3.48. The van der Waals surface area contributed by atoms with Crippen molar-refractivity contribution in [3.8, 4) is 0 Å². The van der Waals surface area contributed by atoms with Crippen molar-refractivity contribution in [2.45, 2.75) is 26.2 Å². The molecule has 1 fully saturated rings. The van der Waals surface area contributed by atoms with Crippen LogP contribution in [-0.4, -0.2) is 29.0 Å². The van der Waals surface area contributed by atoms with Crippen LogP contribution in [0.2, 0.25) is 0 Å². The van der Waals surface area contributed by atoms with E-state index in [0.29, 0.717) is 11.3 Å². The van der Waals surface area contributed by atoms with Gasteiger partial charge in [0.1, 0.15) is 11.6 Å². The molecule has 2 heterocycles. The zero-order chi connectivity index (χ0) is 20.9. The summed E-state index contributed by atoms with van der Waals surface area (Å²) in [6.07, 6.45) is 3.60. The summed E-state index contributed by atoms with van der Waals surface area (Å²) in [6, 6.07) is 14.7. The highest BCUT2D eigenvalue weighted by Gasteiger charge is 2.15. The SMILES string of the molecule is Cc1cc(Nc2ccc(NC(=O)c3ccc(F)cc3)cc2)nc(N2CCCCC2)n1. The molecule has 3 aromatic rings. The third-order valence-electron chi connectivity index (χ3n) is 5.00. The van der Waals surface area contributed by atoms with Crippen molar-refractivity contribution < 1.29 is 9.18 Å². The van der Waals surface area contributed by atoms with Crippen molar-refractivity contribution in [2.75, 3.05) is 28.6 Å².